The molecule has 2 nitrogen and oxygen atoms in total. The zero-order chi connectivity index (χ0) is 23.9. The normalized spacial score (nSPS) is 29.0. The lowest BCUT2D eigenvalue weighted by atomic mass is 9.53. The van der Waals surface area contributed by atoms with E-state index in [-0.39, 0.29) is 22.9 Å². The molecule has 0 radical (unpaired) electrons. The van der Waals surface area contributed by atoms with Crippen molar-refractivity contribution in [2.75, 3.05) is 0 Å². The maximum Gasteiger partial charge on any atom is 0.00987 e. The maximum atomic E-state index is 7.17. The third-order valence-electron chi connectivity index (χ3n) is 9.60. The largest absolute Gasteiger partial charge is 0.327 e. The van der Waals surface area contributed by atoms with Gasteiger partial charge < -0.3 is 11.5 Å². The lowest BCUT2D eigenvalue weighted by molar-refractivity contribution is -0.0110. The summed E-state index contributed by atoms with van der Waals surface area (Å²) >= 11 is 0. The van der Waals surface area contributed by atoms with E-state index in [1.54, 1.807) is 0 Å². The Hall–Kier alpha value is -0.0800. The van der Waals surface area contributed by atoms with Gasteiger partial charge in [-0.3, -0.25) is 0 Å². The van der Waals surface area contributed by atoms with Gasteiger partial charge in [0, 0.05) is 12.1 Å². The second-order valence-electron chi connectivity index (χ2n) is 11.9. The Kier molecular flexibility index (Phi) is 15.5. The lowest BCUT2D eigenvalue weighted by Gasteiger charge is -2.54. The molecule has 192 valence electrons. The molecule has 0 aromatic heterocycles. The van der Waals surface area contributed by atoms with Crippen LogP contribution in [0, 0.1) is 16.7 Å². The summed E-state index contributed by atoms with van der Waals surface area (Å²) in [5.41, 5.74) is 14.5. The van der Waals surface area contributed by atoms with Crippen LogP contribution < -0.4 is 11.5 Å². The highest BCUT2D eigenvalue weighted by Crippen LogP contribution is 2.52. The number of rotatable bonds is 13. The molecule has 5 atom stereocenters. The van der Waals surface area contributed by atoms with Gasteiger partial charge in [-0.05, 0) is 42.4 Å². The molecule has 1 saturated carbocycles. The SMILES string of the molecule is CCCCCC(CC)CCCC(N)C1(C)CCCCCCCCCCC1(C)C(N)CCC. The molecule has 0 bridgehead atoms. The average Bonchev–Trinajstić information content (AvgIpc) is 2.77. The molecule has 2 heteroatoms. The van der Waals surface area contributed by atoms with E-state index in [0.29, 0.717) is 0 Å². The van der Waals surface area contributed by atoms with Crippen LogP contribution in [0.15, 0.2) is 0 Å². The maximum absolute atomic E-state index is 7.17. The number of nitrogens with two attached hydrogens (primary N) is 2. The number of hydrogen-bond donors (Lipinski definition) is 2. The zero-order valence-corrected chi connectivity index (χ0v) is 23.0. The Morgan fingerprint density at radius 2 is 1.03 bits per heavy atom. The highest BCUT2D eigenvalue weighted by Gasteiger charge is 2.50. The summed E-state index contributed by atoms with van der Waals surface area (Å²) in [6.07, 6.45) is 26.6. The van der Waals surface area contributed by atoms with E-state index in [2.05, 4.69) is 34.6 Å². The molecule has 4 N–H and O–H groups in total. The van der Waals surface area contributed by atoms with E-state index in [9.17, 15) is 0 Å². The Bertz CT molecular complexity index is 450. The third kappa shape index (κ3) is 9.28. The fourth-order valence-corrected chi connectivity index (χ4v) is 6.64. The topological polar surface area (TPSA) is 52.0 Å². The van der Waals surface area contributed by atoms with Crippen LogP contribution in [-0.2, 0) is 0 Å². The Morgan fingerprint density at radius 3 is 1.50 bits per heavy atom. The average molecular weight is 451 g/mol. The Morgan fingerprint density at radius 1 is 0.562 bits per heavy atom. The molecule has 0 aliphatic heterocycles. The van der Waals surface area contributed by atoms with Crippen LogP contribution >= 0.6 is 0 Å². The van der Waals surface area contributed by atoms with Crippen molar-refractivity contribution in [3.05, 3.63) is 0 Å². The van der Waals surface area contributed by atoms with Gasteiger partial charge in [0.25, 0.3) is 0 Å². The van der Waals surface area contributed by atoms with E-state index < -0.39 is 0 Å². The summed E-state index contributed by atoms with van der Waals surface area (Å²) < 4.78 is 0. The van der Waals surface area contributed by atoms with Gasteiger partial charge in [0.2, 0.25) is 0 Å². The molecule has 1 fully saturated rings. The monoisotopic (exact) mass is 450 g/mol. The first-order chi connectivity index (χ1) is 15.4. The molecule has 0 aromatic rings. The predicted octanol–water partition coefficient (Wildman–Crippen LogP) is 9.15. The van der Waals surface area contributed by atoms with Gasteiger partial charge in [0.05, 0.1) is 0 Å². The molecule has 5 unspecified atom stereocenters. The van der Waals surface area contributed by atoms with Crippen LogP contribution in [0.2, 0.25) is 0 Å². The van der Waals surface area contributed by atoms with Crippen molar-refractivity contribution in [3.63, 3.8) is 0 Å². The minimum Gasteiger partial charge on any atom is -0.327 e. The van der Waals surface area contributed by atoms with E-state index in [1.165, 1.54) is 122 Å². The Labute approximate surface area is 203 Å². The van der Waals surface area contributed by atoms with Crippen molar-refractivity contribution >= 4 is 0 Å². The van der Waals surface area contributed by atoms with Crippen LogP contribution in [0.1, 0.15) is 163 Å². The molecule has 32 heavy (non-hydrogen) atoms. The molecule has 1 aliphatic carbocycles. The number of hydrogen-bond acceptors (Lipinski definition) is 2. The van der Waals surface area contributed by atoms with Crippen molar-refractivity contribution in [1.82, 2.24) is 0 Å². The first-order valence-corrected chi connectivity index (χ1v) is 14.9. The summed E-state index contributed by atoms with van der Waals surface area (Å²) in [5.74, 6) is 0.895. The Balaban J connectivity index is 2.92. The van der Waals surface area contributed by atoms with Crippen molar-refractivity contribution in [2.45, 2.75) is 175 Å². The smallest absolute Gasteiger partial charge is 0.00987 e. The van der Waals surface area contributed by atoms with Gasteiger partial charge in [0.15, 0.2) is 0 Å². The quantitative estimate of drug-likeness (QED) is 0.275. The molecule has 1 rings (SSSR count). The second-order valence-corrected chi connectivity index (χ2v) is 11.9. The van der Waals surface area contributed by atoms with Crippen molar-refractivity contribution < 1.29 is 0 Å². The summed E-state index contributed by atoms with van der Waals surface area (Å²) in [6.45, 7) is 12.0. The molecule has 0 heterocycles. The van der Waals surface area contributed by atoms with Crippen molar-refractivity contribution in [3.8, 4) is 0 Å². The standard InChI is InChI=1S/C30H62N2/c1-6-9-16-21-26(8-3)22-19-23-28(32)30(5)25-18-15-13-11-10-12-14-17-24-29(30,4)27(31)20-7-2/h26-28H,6-25,31-32H2,1-5H3. The fourth-order valence-electron chi connectivity index (χ4n) is 6.64. The second kappa shape index (κ2) is 16.5. The van der Waals surface area contributed by atoms with Gasteiger partial charge in [-0.1, -0.05) is 137 Å². The fraction of sp³-hybridized carbons (Fsp3) is 1.00. The first-order valence-electron chi connectivity index (χ1n) is 14.9. The zero-order valence-electron chi connectivity index (χ0n) is 23.0. The lowest BCUT2D eigenvalue weighted by Crippen LogP contribution is -2.58. The van der Waals surface area contributed by atoms with Gasteiger partial charge in [-0.25, -0.2) is 0 Å². The minimum absolute atomic E-state index is 0.144. The number of unbranched alkanes of at least 4 members (excludes halogenated alkanes) is 2. The first kappa shape index (κ1) is 30.0. The van der Waals surface area contributed by atoms with E-state index in [0.717, 1.165) is 12.3 Å². The molecule has 0 spiro atoms. The highest BCUT2D eigenvalue weighted by molar-refractivity contribution is 5.03. The van der Waals surface area contributed by atoms with Crippen LogP contribution in [0.5, 0.6) is 0 Å². The van der Waals surface area contributed by atoms with E-state index >= 15 is 0 Å². The molecule has 0 saturated heterocycles. The molecular formula is C30H62N2. The van der Waals surface area contributed by atoms with Crippen molar-refractivity contribution in [2.24, 2.45) is 28.2 Å². The summed E-state index contributed by atoms with van der Waals surface area (Å²) in [7, 11) is 0. The van der Waals surface area contributed by atoms with Crippen molar-refractivity contribution in [1.29, 1.82) is 0 Å². The van der Waals surface area contributed by atoms with Gasteiger partial charge >= 0.3 is 0 Å². The van der Waals surface area contributed by atoms with Crippen LogP contribution in [0.3, 0.4) is 0 Å². The molecule has 1 aliphatic rings. The summed E-state index contributed by atoms with van der Waals surface area (Å²) in [5, 5.41) is 0. The predicted molar refractivity (Wildman–Crippen MR) is 145 cm³/mol. The minimum atomic E-state index is 0.144. The van der Waals surface area contributed by atoms with Gasteiger partial charge in [-0.2, -0.15) is 0 Å². The van der Waals surface area contributed by atoms with Gasteiger partial charge in [0.1, 0.15) is 0 Å². The molecular weight excluding hydrogens is 388 g/mol. The summed E-state index contributed by atoms with van der Waals surface area (Å²) in [4.78, 5) is 0. The van der Waals surface area contributed by atoms with Crippen LogP contribution in [0.25, 0.3) is 0 Å². The highest BCUT2D eigenvalue weighted by atomic mass is 14.8. The molecule has 0 amide bonds. The molecule has 0 aromatic carbocycles. The van der Waals surface area contributed by atoms with Gasteiger partial charge in [-0.15, -0.1) is 0 Å². The van der Waals surface area contributed by atoms with Crippen LogP contribution in [0.4, 0.5) is 0 Å². The summed E-state index contributed by atoms with van der Waals surface area (Å²) in [6, 6.07) is 0.537. The van der Waals surface area contributed by atoms with E-state index in [1.807, 2.05) is 0 Å². The third-order valence-corrected chi connectivity index (χ3v) is 9.60. The van der Waals surface area contributed by atoms with Crippen LogP contribution in [-0.4, -0.2) is 12.1 Å². The van der Waals surface area contributed by atoms with E-state index in [4.69, 9.17) is 11.5 Å².